The van der Waals surface area contributed by atoms with Crippen LogP contribution in [0, 0.1) is 6.92 Å². The first-order chi connectivity index (χ1) is 8.43. The van der Waals surface area contributed by atoms with Crippen molar-refractivity contribution in [3.8, 4) is 16.9 Å². The average Bonchev–Trinajstić information content (AvgIpc) is 2.73. The standard InChI is InChI=1S/C12H10F3NO2/c1-7-10(6-16-18-7)9-4-3-8(12(13,14)15)5-11(9)17-2/h3-6H,1-2H3. The SMILES string of the molecule is COc1cc(C(F)(F)F)ccc1-c1cnoc1C. The Kier molecular flexibility index (Phi) is 3.02. The fourth-order valence-corrected chi connectivity index (χ4v) is 1.65. The molecule has 3 nitrogen and oxygen atoms in total. The molecule has 2 aromatic rings. The fraction of sp³-hybridized carbons (Fsp3) is 0.250. The fourth-order valence-electron chi connectivity index (χ4n) is 1.65. The molecule has 0 fully saturated rings. The summed E-state index contributed by atoms with van der Waals surface area (Å²) in [6.45, 7) is 1.68. The monoisotopic (exact) mass is 257 g/mol. The van der Waals surface area contributed by atoms with E-state index in [0.717, 1.165) is 12.1 Å². The normalized spacial score (nSPS) is 11.6. The number of halogens is 3. The maximum absolute atomic E-state index is 12.6. The Hall–Kier alpha value is -1.98. The number of hydrogen-bond donors (Lipinski definition) is 0. The third kappa shape index (κ3) is 2.18. The van der Waals surface area contributed by atoms with Gasteiger partial charge in [-0.1, -0.05) is 5.16 Å². The van der Waals surface area contributed by atoms with E-state index in [9.17, 15) is 13.2 Å². The molecule has 0 amide bonds. The number of methoxy groups -OCH3 is 1. The maximum Gasteiger partial charge on any atom is 0.416 e. The van der Waals surface area contributed by atoms with Crippen molar-refractivity contribution < 1.29 is 22.4 Å². The van der Waals surface area contributed by atoms with E-state index in [-0.39, 0.29) is 5.75 Å². The van der Waals surface area contributed by atoms with E-state index in [2.05, 4.69) is 5.16 Å². The van der Waals surface area contributed by atoms with Gasteiger partial charge >= 0.3 is 6.18 Å². The van der Waals surface area contributed by atoms with Crippen LogP contribution in [0.4, 0.5) is 13.2 Å². The lowest BCUT2D eigenvalue weighted by molar-refractivity contribution is -0.137. The van der Waals surface area contributed by atoms with Gasteiger partial charge in [0.1, 0.15) is 11.5 Å². The molecular weight excluding hydrogens is 247 g/mol. The molecule has 0 aliphatic carbocycles. The molecule has 18 heavy (non-hydrogen) atoms. The molecule has 0 bridgehead atoms. The zero-order chi connectivity index (χ0) is 13.3. The van der Waals surface area contributed by atoms with Gasteiger partial charge in [-0.25, -0.2) is 0 Å². The van der Waals surface area contributed by atoms with E-state index < -0.39 is 11.7 Å². The third-order valence-electron chi connectivity index (χ3n) is 2.57. The van der Waals surface area contributed by atoms with Crippen molar-refractivity contribution in [2.24, 2.45) is 0 Å². The Bertz CT molecular complexity index is 561. The van der Waals surface area contributed by atoms with Crippen LogP contribution >= 0.6 is 0 Å². The number of alkyl halides is 3. The van der Waals surface area contributed by atoms with Crippen molar-refractivity contribution >= 4 is 0 Å². The van der Waals surface area contributed by atoms with Gasteiger partial charge in [0.15, 0.2) is 0 Å². The van der Waals surface area contributed by atoms with Gasteiger partial charge in [-0.3, -0.25) is 0 Å². The molecule has 1 heterocycles. The molecule has 2 rings (SSSR count). The summed E-state index contributed by atoms with van der Waals surface area (Å²) in [5, 5.41) is 3.59. The molecule has 0 spiro atoms. The van der Waals surface area contributed by atoms with E-state index in [0.29, 0.717) is 16.9 Å². The van der Waals surface area contributed by atoms with E-state index >= 15 is 0 Å². The maximum atomic E-state index is 12.6. The molecule has 0 unspecified atom stereocenters. The van der Waals surface area contributed by atoms with Crippen LogP contribution < -0.4 is 4.74 Å². The second kappa shape index (κ2) is 4.36. The number of ether oxygens (including phenoxy) is 1. The van der Waals surface area contributed by atoms with Crippen LogP contribution in [-0.4, -0.2) is 12.3 Å². The van der Waals surface area contributed by atoms with Gasteiger partial charge in [0.2, 0.25) is 0 Å². The van der Waals surface area contributed by atoms with E-state index in [1.807, 2.05) is 0 Å². The van der Waals surface area contributed by atoms with Crippen LogP contribution in [-0.2, 0) is 6.18 Å². The lowest BCUT2D eigenvalue weighted by Crippen LogP contribution is -2.05. The molecule has 6 heteroatoms. The lowest BCUT2D eigenvalue weighted by Gasteiger charge is -2.11. The van der Waals surface area contributed by atoms with Gasteiger partial charge in [-0.05, 0) is 25.1 Å². The number of rotatable bonds is 2. The second-order valence-electron chi connectivity index (χ2n) is 3.71. The quantitative estimate of drug-likeness (QED) is 0.823. The van der Waals surface area contributed by atoms with Crippen molar-refractivity contribution in [1.82, 2.24) is 5.16 Å². The number of aryl methyl sites for hydroxylation is 1. The minimum Gasteiger partial charge on any atom is -0.496 e. The highest BCUT2D eigenvalue weighted by atomic mass is 19.4. The molecule has 0 radical (unpaired) electrons. The summed E-state index contributed by atoms with van der Waals surface area (Å²) in [6.07, 6.45) is -2.95. The summed E-state index contributed by atoms with van der Waals surface area (Å²) < 4.78 is 47.6. The smallest absolute Gasteiger partial charge is 0.416 e. The minimum atomic E-state index is -4.39. The topological polar surface area (TPSA) is 35.3 Å². The molecule has 0 aliphatic heterocycles. The van der Waals surface area contributed by atoms with E-state index in [4.69, 9.17) is 9.26 Å². The third-order valence-corrected chi connectivity index (χ3v) is 2.57. The van der Waals surface area contributed by atoms with Crippen molar-refractivity contribution in [2.75, 3.05) is 7.11 Å². The molecule has 0 saturated carbocycles. The van der Waals surface area contributed by atoms with Crippen LogP contribution in [0.15, 0.2) is 28.9 Å². The number of aromatic nitrogens is 1. The summed E-state index contributed by atoms with van der Waals surface area (Å²) in [4.78, 5) is 0. The van der Waals surface area contributed by atoms with Crippen LogP contribution in [0.5, 0.6) is 5.75 Å². The van der Waals surface area contributed by atoms with Crippen LogP contribution in [0.3, 0.4) is 0 Å². The summed E-state index contributed by atoms with van der Waals surface area (Å²) in [5.41, 5.74) is 0.377. The molecule has 0 atom stereocenters. The Morgan fingerprint density at radius 3 is 2.44 bits per heavy atom. The number of nitrogens with zero attached hydrogens (tertiary/aromatic N) is 1. The molecule has 0 N–H and O–H groups in total. The first-order valence-corrected chi connectivity index (χ1v) is 5.10. The largest absolute Gasteiger partial charge is 0.496 e. The highest BCUT2D eigenvalue weighted by Gasteiger charge is 2.31. The zero-order valence-electron chi connectivity index (χ0n) is 9.71. The summed E-state index contributed by atoms with van der Waals surface area (Å²) in [5.74, 6) is 0.657. The van der Waals surface area contributed by atoms with Gasteiger partial charge in [-0.15, -0.1) is 0 Å². The van der Waals surface area contributed by atoms with E-state index in [1.54, 1.807) is 6.92 Å². The van der Waals surface area contributed by atoms with Crippen LogP contribution in [0.1, 0.15) is 11.3 Å². The average molecular weight is 257 g/mol. The molecule has 0 saturated heterocycles. The molecule has 96 valence electrons. The van der Waals surface area contributed by atoms with Gasteiger partial charge in [0, 0.05) is 11.1 Å². The highest BCUT2D eigenvalue weighted by Crippen LogP contribution is 2.37. The van der Waals surface area contributed by atoms with Crippen LogP contribution in [0.25, 0.3) is 11.1 Å². The van der Waals surface area contributed by atoms with Crippen LogP contribution in [0.2, 0.25) is 0 Å². The van der Waals surface area contributed by atoms with Crippen molar-refractivity contribution in [3.63, 3.8) is 0 Å². The predicted octanol–water partition coefficient (Wildman–Crippen LogP) is 3.68. The zero-order valence-corrected chi connectivity index (χ0v) is 9.71. The first kappa shape index (κ1) is 12.5. The lowest BCUT2D eigenvalue weighted by atomic mass is 10.0. The highest BCUT2D eigenvalue weighted by molar-refractivity contribution is 5.71. The van der Waals surface area contributed by atoms with Gasteiger partial charge in [0.05, 0.1) is 18.9 Å². The number of benzene rings is 1. The van der Waals surface area contributed by atoms with Gasteiger partial charge in [-0.2, -0.15) is 13.2 Å². The molecule has 0 aliphatic rings. The summed E-state index contributed by atoms with van der Waals surface area (Å²) >= 11 is 0. The van der Waals surface area contributed by atoms with Crippen molar-refractivity contribution in [1.29, 1.82) is 0 Å². The Balaban J connectivity index is 2.54. The Morgan fingerprint density at radius 1 is 1.22 bits per heavy atom. The first-order valence-electron chi connectivity index (χ1n) is 5.10. The predicted molar refractivity (Wildman–Crippen MR) is 58.2 cm³/mol. The molecule has 1 aromatic carbocycles. The number of hydrogen-bond acceptors (Lipinski definition) is 3. The van der Waals surface area contributed by atoms with E-state index in [1.165, 1.54) is 19.4 Å². The Labute approximate surface area is 101 Å². The second-order valence-corrected chi connectivity index (χ2v) is 3.71. The summed E-state index contributed by atoms with van der Waals surface area (Å²) in [6, 6.07) is 3.31. The van der Waals surface area contributed by atoms with Gasteiger partial charge < -0.3 is 9.26 Å². The van der Waals surface area contributed by atoms with Gasteiger partial charge in [0.25, 0.3) is 0 Å². The van der Waals surface area contributed by atoms with Crippen molar-refractivity contribution in [2.45, 2.75) is 13.1 Å². The molecule has 1 aromatic heterocycles. The summed E-state index contributed by atoms with van der Waals surface area (Å²) in [7, 11) is 1.32. The Morgan fingerprint density at radius 2 is 1.94 bits per heavy atom. The van der Waals surface area contributed by atoms with Crippen molar-refractivity contribution in [3.05, 3.63) is 35.7 Å². The molecular formula is C12H10F3NO2. The minimum absolute atomic E-state index is 0.135.